The fourth-order valence-electron chi connectivity index (χ4n) is 2.38. The van der Waals surface area contributed by atoms with E-state index in [1.165, 1.54) is 11.9 Å². The zero-order valence-corrected chi connectivity index (χ0v) is 11.2. The van der Waals surface area contributed by atoms with Crippen molar-refractivity contribution >= 4 is 6.03 Å². The van der Waals surface area contributed by atoms with Crippen LogP contribution in [0, 0.1) is 5.92 Å². The van der Waals surface area contributed by atoms with E-state index in [9.17, 15) is 18.0 Å². The summed E-state index contributed by atoms with van der Waals surface area (Å²) in [6.07, 6.45) is -3.73. The lowest BCUT2D eigenvalue weighted by molar-refractivity contribution is -0.183. The van der Waals surface area contributed by atoms with Gasteiger partial charge >= 0.3 is 12.2 Å². The molecule has 0 radical (unpaired) electrons. The van der Waals surface area contributed by atoms with Crippen molar-refractivity contribution in [1.29, 1.82) is 0 Å². The molecule has 2 N–H and O–H groups in total. The minimum Gasteiger partial charge on any atom is -0.392 e. The number of rotatable bonds is 3. The van der Waals surface area contributed by atoms with Gasteiger partial charge in [-0.1, -0.05) is 6.42 Å². The monoisotopic (exact) mass is 282 g/mol. The van der Waals surface area contributed by atoms with Crippen LogP contribution in [-0.4, -0.2) is 48.0 Å². The van der Waals surface area contributed by atoms with E-state index < -0.39 is 30.3 Å². The van der Waals surface area contributed by atoms with Gasteiger partial charge in [-0.05, 0) is 26.2 Å². The highest BCUT2D eigenvalue weighted by molar-refractivity contribution is 5.74. The van der Waals surface area contributed by atoms with Crippen LogP contribution in [0.5, 0.6) is 0 Å². The second kappa shape index (κ2) is 6.45. The Kier molecular flexibility index (Phi) is 5.46. The summed E-state index contributed by atoms with van der Waals surface area (Å²) in [7, 11) is 1.51. The van der Waals surface area contributed by atoms with Gasteiger partial charge < -0.3 is 15.3 Å². The molecule has 112 valence electrons. The number of likely N-dealkylation sites (N-methyl/N-ethyl adjacent to an activating group) is 1. The molecule has 19 heavy (non-hydrogen) atoms. The van der Waals surface area contributed by atoms with Crippen molar-refractivity contribution in [2.75, 3.05) is 13.6 Å². The van der Waals surface area contributed by atoms with Gasteiger partial charge in [0.2, 0.25) is 0 Å². The van der Waals surface area contributed by atoms with Crippen molar-refractivity contribution in [3.8, 4) is 0 Å². The molecule has 1 saturated carbocycles. The highest BCUT2D eigenvalue weighted by atomic mass is 19.4. The summed E-state index contributed by atoms with van der Waals surface area (Å²) in [6, 6.07) is -0.877. The fourth-order valence-corrected chi connectivity index (χ4v) is 2.38. The number of alkyl halides is 3. The molecule has 3 atom stereocenters. The summed E-state index contributed by atoms with van der Waals surface area (Å²) in [4.78, 5) is 13.0. The third-order valence-corrected chi connectivity index (χ3v) is 3.35. The molecule has 0 aromatic carbocycles. The minimum absolute atomic E-state index is 0.0578. The second-order valence-electron chi connectivity index (χ2n) is 5.28. The molecule has 2 amide bonds. The molecule has 0 aromatic rings. The summed E-state index contributed by atoms with van der Waals surface area (Å²) in [5.41, 5.74) is 0. The van der Waals surface area contributed by atoms with Crippen molar-refractivity contribution in [1.82, 2.24) is 10.2 Å². The van der Waals surface area contributed by atoms with E-state index in [0.717, 1.165) is 0 Å². The highest BCUT2D eigenvalue weighted by Gasteiger charge is 2.42. The molecule has 1 rings (SSSR count). The molecule has 7 heteroatoms. The quantitative estimate of drug-likeness (QED) is 0.833. The lowest BCUT2D eigenvalue weighted by Crippen LogP contribution is -2.47. The Hall–Kier alpha value is -0.980. The van der Waals surface area contributed by atoms with Gasteiger partial charge in [0.15, 0.2) is 0 Å². The van der Waals surface area contributed by atoms with E-state index >= 15 is 0 Å². The molecule has 0 bridgehead atoms. The van der Waals surface area contributed by atoms with Crippen LogP contribution in [0.1, 0.15) is 32.6 Å². The smallest absolute Gasteiger partial charge is 0.391 e. The van der Waals surface area contributed by atoms with Gasteiger partial charge in [-0.2, -0.15) is 13.2 Å². The predicted molar refractivity (Wildman–Crippen MR) is 64.6 cm³/mol. The molecule has 4 nitrogen and oxygen atoms in total. The first-order valence-electron chi connectivity index (χ1n) is 6.46. The summed E-state index contributed by atoms with van der Waals surface area (Å²) in [5, 5.41) is 11.8. The van der Waals surface area contributed by atoms with E-state index in [1.807, 2.05) is 0 Å². The zero-order chi connectivity index (χ0) is 14.6. The van der Waals surface area contributed by atoms with Crippen LogP contribution in [-0.2, 0) is 0 Å². The Morgan fingerprint density at radius 3 is 2.63 bits per heavy atom. The largest absolute Gasteiger partial charge is 0.392 e. The maximum Gasteiger partial charge on any atom is 0.391 e. The van der Waals surface area contributed by atoms with E-state index in [1.54, 1.807) is 6.92 Å². The lowest BCUT2D eigenvalue weighted by atomic mass is 9.85. The molecular formula is C12H21F3N2O2. The topological polar surface area (TPSA) is 52.6 Å². The van der Waals surface area contributed by atoms with Crippen LogP contribution >= 0.6 is 0 Å². The molecule has 3 unspecified atom stereocenters. The van der Waals surface area contributed by atoms with Crippen LogP contribution in [0.2, 0.25) is 0 Å². The van der Waals surface area contributed by atoms with Crippen molar-refractivity contribution in [2.45, 2.75) is 50.9 Å². The average molecular weight is 282 g/mol. The van der Waals surface area contributed by atoms with E-state index in [2.05, 4.69) is 5.32 Å². The Morgan fingerprint density at radius 2 is 2.11 bits per heavy atom. The number of amides is 2. The number of urea groups is 1. The number of aliphatic hydroxyl groups excluding tert-OH is 1. The third kappa shape index (κ3) is 5.26. The first-order valence-corrected chi connectivity index (χ1v) is 6.46. The van der Waals surface area contributed by atoms with Gasteiger partial charge in [-0.25, -0.2) is 4.79 Å². The lowest BCUT2D eigenvalue weighted by Gasteiger charge is -2.32. The Labute approximate surface area is 111 Å². The number of carbonyl (C=O) groups excluding carboxylic acids is 1. The summed E-state index contributed by atoms with van der Waals surface area (Å²) < 4.78 is 37.9. The van der Waals surface area contributed by atoms with Crippen LogP contribution in [0.3, 0.4) is 0 Å². The number of halogens is 3. The van der Waals surface area contributed by atoms with E-state index in [0.29, 0.717) is 12.8 Å². The van der Waals surface area contributed by atoms with Crippen molar-refractivity contribution in [3.05, 3.63) is 0 Å². The highest BCUT2D eigenvalue weighted by Crippen LogP contribution is 2.37. The molecule has 1 aliphatic carbocycles. The second-order valence-corrected chi connectivity index (χ2v) is 5.28. The van der Waals surface area contributed by atoms with E-state index in [-0.39, 0.29) is 19.4 Å². The van der Waals surface area contributed by atoms with Crippen LogP contribution < -0.4 is 5.32 Å². The van der Waals surface area contributed by atoms with Crippen LogP contribution in [0.4, 0.5) is 18.0 Å². The zero-order valence-electron chi connectivity index (χ0n) is 11.2. The van der Waals surface area contributed by atoms with Gasteiger partial charge in [0.05, 0.1) is 12.0 Å². The predicted octanol–water partition coefficient (Wildman–Crippen LogP) is 2.13. The maximum atomic E-state index is 12.6. The third-order valence-electron chi connectivity index (χ3n) is 3.35. The first kappa shape index (κ1) is 16.1. The van der Waals surface area contributed by atoms with Crippen LogP contribution in [0.25, 0.3) is 0 Å². The number of aliphatic hydroxyl groups is 1. The molecule has 0 saturated heterocycles. The number of hydrogen-bond acceptors (Lipinski definition) is 2. The summed E-state index contributed by atoms with van der Waals surface area (Å²) in [6.45, 7) is 1.70. The Balaban J connectivity index is 2.46. The summed E-state index contributed by atoms with van der Waals surface area (Å²) >= 11 is 0. The van der Waals surface area contributed by atoms with Crippen LogP contribution in [0.15, 0.2) is 0 Å². The maximum absolute atomic E-state index is 12.6. The number of hydrogen-bond donors (Lipinski definition) is 2. The number of nitrogens with one attached hydrogen (secondary N) is 1. The fraction of sp³-hybridized carbons (Fsp3) is 0.917. The van der Waals surface area contributed by atoms with Gasteiger partial charge in [0.1, 0.15) is 0 Å². The molecular weight excluding hydrogens is 261 g/mol. The molecule has 0 aliphatic heterocycles. The molecule has 1 aliphatic rings. The Bertz CT molecular complexity index is 308. The molecule has 0 heterocycles. The van der Waals surface area contributed by atoms with Crippen molar-refractivity contribution < 1.29 is 23.1 Å². The molecule has 1 fully saturated rings. The van der Waals surface area contributed by atoms with Gasteiger partial charge in [0.25, 0.3) is 0 Å². The number of carbonyl (C=O) groups is 1. The van der Waals surface area contributed by atoms with E-state index in [4.69, 9.17) is 5.11 Å². The van der Waals surface area contributed by atoms with Crippen molar-refractivity contribution in [2.24, 2.45) is 5.92 Å². The normalized spacial score (nSPS) is 25.8. The molecule has 0 aromatic heterocycles. The van der Waals surface area contributed by atoms with Crippen molar-refractivity contribution in [3.63, 3.8) is 0 Å². The number of nitrogens with zero attached hydrogens (tertiary/aromatic N) is 1. The molecule has 0 spiro atoms. The van der Waals surface area contributed by atoms with Gasteiger partial charge in [-0.3, -0.25) is 0 Å². The summed E-state index contributed by atoms with van der Waals surface area (Å²) in [5.74, 6) is -1.33. The van der Waals surface area contributed by atoms with Gasteiger partial charge in [0, 0.05) is 19.6 Å². The first-order chi connectivity index (χ1) is 8.70. The SMILES string of the molecule is CC(O)CN(C)C(=O)NC1CCCC(C(F)(F)F)C1. The Morgan fingerprint density at radius 1 is 1.47 bits per heavy atom. The average Bonchev–Trinajstić information content (AvgIpc) is 2.27. The minimum atomic E-state index is -4.19. The van der Waals surface area contributed by atoms with Gasteiger partial charge in [-0.15, -0.1) is 0 Å². The standard InChI is InChI=1S/C12H21F3N2O2/c1-8(18)7-17(2)11(19)16-10-5-3-4-9(6-10)12(13,14)15/h8-10,18H,3-7H2,1-2H3,(H,16,19).